The van der Waals surface area contributed by atoms with Gasteiger partial charge in [0.05, 0.1) is 12.4 Å². The van der Waals surface area contributed by atoms with Crippen LogP contribution in [0.2, 0.25) is 0 Å². The van der Waals surface area contributed by atoms with E-state index in [1.165, 1.54) is 12.8 Å². The summed E-state index contributed by atoms with van der Waals surface area (Å²) in [5.41, 5.74) is 0. The molecular formula is C15H26N4O. The number of carbonyl (C=O) groups is 1. The molecule has 0 spiro atoms. The van der Waals surface area contributed by atoms with Crippen LogP contribution in [0.5, 0.6) is 0 Å². The average molecular weight is 278 g/mol. The normalized spacial score (nSPS) is 19.9. The molecule has 0 unspecified atom stereocenters. The van der Waals surface area contributed by atoms with E-state index < -0.39 is 0 Å². The molecule has 1 aliphatic rings. The fourth-order valence-electron chi connectivity index (χ4n) is 2.85. The van der Waals surface area contributed by atoms with Crippen molar-refractivity contribution in [3.63, 3.8) is 0 Å². The van der Waals surface area contributed by atoms with Crippen LogP contribution in [0, 0.1) is 0 Å². The van der Waals surface area contributed by atoms with Gasteiger partial charge in [-0.3, -0.25) is 9.69 Å². The number of likely N-dealkylation sites (tertiary alicyclic amines) is 1. The minimum absolute atomic E-state index is 0.0944. The number of aromatic nitrogens is 2. The zero-order valence-corrected chi connectivity index (χ0v) is 12.4. The van der Waals surface area contributed by atoms with E-state index in [1.54, 1.807) is 6.20 Å². The van der Waals surface area contributed by atoms with Gasteiger partial charge in [0, 0.05) is 25.5 Å². The molecule has 2 heterocycles. The van der Waals surface area contributed by atoms with Gasteiger partial charge in [-0.25, -0.2) is 4.98 Å². The third-order valence-corrected chi connectivity index (χ3v) is 3.88. The molecule has 2 rings (SSSR count). The zero-order chi connectivity index (χ0) is 14.2. The maximum absolute atomic E-state index is 12.3. The van der Waals surface area contributed by atoms with Crippen LogP contribution in [0.3, 0.4) is 0 Å². The number of aryl methyl sites for hydroxylation is 1. The van der Waals surface area contributed by atoms with Crippen LogP contribution < -0.4 is 5.32 Å². The third-order valence-electron chi connectivity index (χ3n) is 3.88. The predicted octanol–water partition coefficient (Wildman–Crippen LogP) is 1.65. The first-order chi connectivity index (χ1) is 9.81. The molecule has 5 heteroatoms. The lowest BCUT2D eigenvalue weighted by atomic mass is 10.0. The molecule has 1 aromatic rings. The largest absolute Gasteiger partial charge is 0.355 e. The van der Waals surface area contributed by atoms with Gasteiger partial charge in [0.1, 0.15) is 0 Å². The molecule has 1 N–H and O–H groups in total. The van der Waals surface area contributed by atoms with Crippen molar-refractivity contribution in [3.8, 4) is 0 Å². The highest BCUT2D eigenvalue weighted by Crippen LogP contribution is 2.17. The number of rotatable bonds is 7. The van der Waals surface area contributed by atoms with Crippen molar-refractivity contribution in [1.82, 2.24) is 19.8 Å². The van der Waals surface area contributed by atoms with E-state index in [0.29, 0.717) is 0 Å². The van der Waals surface area contributed by atoms with Crippen molar-refractivity contribution in [1.29, 1.82) is 0 Å². The molecule has 5 nitrogen and oxygen atoms in total. The van der Waals surface area contributed by atoms with Crippen LogP contribution >= 0.6 is 0 Å². The second kappa shape index (κ2) is 8.04. The number of nitrogens with one attached hydrogen (secondary N) is 1. The zero-order valence-electron chi connectivity index (χ0n) is 12.4. The van der Waals surface area contributed by atoms with Gasteiger partial charge in [0.2, 0.25) is 5.91 Å². The van der Waals surface area contributed by atoms with E-state index in [9.17, 15) is 4.79 Å². The summed E-state index contributed by atoms with van der Waals surface area (Å²) in [4.78, 5) is 18.6. The van der Waals surface area contributed by atoms with E-state index in [-0.39, 0.29) is 11.9 Å². The predicted molar refractivity (Wildman–Crippen MR) is 79.4 cm³/mol. The minimum atomic E-state index is 0.0944. The molecule has 1 atom stereocenters. The van der Waals surface area contributed by atoms with Gasteiger partial charge in [-0.15, -0.1) is 0 Å². The number of amides is 1. The SMILES string of the molecule is CCCN1CCCC[C@@H]1C(=O)NCCCn1ccnc1. The standard InChI is InChI=1S/C15H26N4O/c1-2-9-19-11-4-3-6-14(19)15(20)17-7-5-10-18-12-8-16-13-18/h8,12-14H,2-7,9-11H2,1H3,(H,17,20)/t14-/m1/s1. The summed E-state index contributed by atoms with van der Waals surface area (Å²) in [6.07, 6.45) is 11.0. The van der Waals surface area contributed by atoms with Crippen LogP contribution in [0.1, 0.15) is 39.0 Å². The van der Waals surface area contributed by atoms with Gasteiger partial charge in [0.15, 0.2) is 0 Å². The monoisotopic (exact) mass is 278 g/mol. The summed E-state index contributed by atoms with van der Waals surface area (Å²) in [5.74, 6) is 0.212. The van der Waals surface area contributed by atoms with Crippen molar-refractivity contribution < 1.29 is 4.79 Å². The first kappa shape index (κ1) is 15.0. The van der Waals surface area contributed by atoms with Crippen LogP contribution in [0.25, 0.3) is 0 Å². The number of imidazole rings is 1. The van der Waals surface area contributed by atoms with Crippen molar-refractivity contribution in [2.24, 2.45) is 0 Å². The fraction of sp³-hybridized carbons (Fsp3) is 0.733. The van der Waals surface area contributed by atoms with Gasteiger partial charge in [-0.05, 0) is 38.8 Å². The Hall–Kier alpha value is -1.36. The van der Waals surface area contributed by atoms with Gasteiger partial charge < -0.3 is 9.88 Å². The van der Waals surface area contributed by atoms with Crippen molar-refractivity contribution in [3.05, 3.63) is 18.7 Å². The molecule has 0 bridgehead atoms. The van der Waals surface area contributed by atoms with Gasteiger partial charge in [-0.2, -0.15) is 0 Å². The van der Waals surface area contributed by atoms with Crippen molar-refractivity contribution in [2.45, 2.75) is 51.6 Å². The van der Waals surface area contributed by atoms with Gasteiger partial charge >= 0.3 is 0 Å². The quantitative estimate of drug-likeness (QED) is 0.772. The summed E-state index contributed by atoms with van der Waals surface area (Å²) in [6.45, 7) is 5.93. The molecule has 20 heavy (non-hydrogen) atoms. The Morgan fingerprint density at radius 2 is 2.30 bits per heavy atom. The second-order valence-electron chi connectivity index (χ2n) is 5.49. The van der Waals surface area contributed by atoms with Gasteiger partial charge in [0.25, 0.3) is 0 Å². The van der Waals surface area contributed by atoms with Crippen molar-refractivity contribution >= 4 is 5.91 Å². The third kappa shape index (κ3) is 4.34. The number of hydrogen-bond acceptors (Lipinski definition) is 3. The maximum atomic E-state index is 12.3. The van der Waals surface area contributed by atoms with Crippen molar-refractivity contribution in [2.75, 3.05) is 19.6 Å². The minimum Gasteiger partial charge on any atom is -0.355 e. The van der Waals surface area contributed by atoms with Crippen LogP contribution in [0.15, 0.2) is 18.7 Å². The summed E-state index contributed by atoms with van der Waals surface area (Å²) in [5, 5.41) is 3.09. The molecule has 112 valence electrons. The number of carbonyl (C=O) groups excluding carboxylic acids is 1. The highest BCUT2D eigenvalue weighted by molar-refractivity contribution is 5.81. The number of hydrogen-bond donors (Lipinski definition) is 1. The Kier molecular flexibility index (Phi) is 6.05. The average Bonchev–Trinajstić information content (AvgIpc) is 2.97. The smallest absolute Gasteiger partial charge is 0.237 e. The Balaban J connectivity index is 1.69. The topological polar surface area (TPSA) is 50.2 Å². The highest BCUT2D eigenvalue weighted by atomic mass is 16.2. The Labute approximate surface area is 121 Å². The highest BCUT2D eigenvalue weighted by Gasteiger charge is 2.27. The molecule has 1 saturated heterocycles. The maximum Gasteiger partial charge on any atom is 0.237 e. The summed E-state index contributed by atoms with van der Waals surface area (Å²) >= 11 is 0. The van der Waals surface area contributed by atoms with E-state index in [0.717, 1.165) is 45.4 Å². The van der Waals surface area contributed by atoms with E-state index >= 15 is 0 Å². The lowest BCUT2D eigenvalue weighted by Crippen LogP contribution is -2.49. The van der Waals surface area contributed by atoms with E-state index in [1.807, 2.05) is 17.1 Å². The molecule has 1 aliphatic heterocycles. The Morgan fingerprint density at radius 3 is 3.05 bits per heavy atom. The van der Waals surface area contributed by atoms with E-state index in [4.69, 9.17) is 0 Å². The number of piperidine rings is 1. The lowest BCUT2D eigenvalue weighted by molar-refractivity contribution is -0.127. The first-order valence-corrected chi connectivity index (χ1v) is 7.78. The van der Waals surface area contributed by atoms with E-state index in [2.05, 4.69) is 22.1 Å². The van der Waals surface area contributed by atoms with Gasteiger partial charge in [-0.1, -0.05) is 13.3 Å². The summed E-state index contributed by atoms with van der Waals surface area (Å²) in [6, 6.07) is 0.0944. The molecule has 0 aromatic carbocycles. The first-order valence-electron chi connectivity index (χ1n) is 7.78. The van der Waals surface area contributed by atoms with Crippen LogP contribution in [-0.4, -0.2) is 46.0 Å². The summed E-state index contributed by atoms with van der Waals surface area (Å²) in [7, 11) is 0. The molecular weight excluding hydrogens is 252 g/mol. The summed E-state index contributed by atoms with van der Waals surface area (Å²) < 4.78 is 2.04. The number of nitrogens with zero attached hydrogens (tertiary/aromatic N) is 3. The van der Waals surface area contributed by atoms with Crippen LogP contribution in [-0.2, 0) is 11.3 Å². The fourth-order valence-corrected chi connectivity index (χ4v) is 2.85. The molecule has 1 aromatic heterocycles. The lowest BCUT2D eigenvalue weighted by Gasteiger charge is -2.34. The molecule has 1 amide bonds. The Morgan fingerprint density at radius 1 is 1.40 bits per heavy atom. The molecule has 0 aliphatic carbocycles. The Bertz CT molecular complexity index is 389. The molecule has 0 saturated carbocycles. The second-order valence-corrected chi connectivity index (χ2v) is 5.49. The molecule has 1 fully saturated rings. The molecule has 0 radical (unpaired) electrons. The van der Waals surface area contributed by atoms with Crippen LogP contribution in [0.4, 0.5) is 0 Å².